The lowest BCUT2D eigenvalue weighted by molar-refractivity contribution is 0.812. The molecule has 0 saturated heterocycles. The zero-order chi connectivity index (χ0) is 16.4. The molecule has 0 aliphatic carbocycles. The molecule has 0 unspecified atom stereocenters. The van der Waals surface area contributed by atoms with E-state index in [1.165, 1.54) is 11.1 Å². The van der Waals surface area contributed by atoms with Crippen molar-refractivity contribution in [2.24, 2.45) is 0 Å². The summed E-state index contributed by atoms with van der Waals surface area (Å²) in [5.41, 5.74) is 5.18. The number of thioether (sulfide) groups is 1. The number of rotatable bonds is 4. The fraction of sp³-hybridized carbons (Fsp3) is 0.111. The lowest BCUT2D eigenvalue weighted by Crippen LogP contribution is -1.96. The van der Waals surface area contributed by atoms with E-state index >= 15 is 0 Å². The second kappa shape index (κ2) is 6.41. The molecule has 118 valence electrons. The van der Waals surface area contributed by atoms with Crippen LogP contribution in [0.4, 0.5) is 0 Å². The summed E-state index contributed by atoms with van der Waals surface area (Å²) in [7, 11) is 0. The molecule has 0 atom stereocenters. The number of nitrogens with zero attached hydrogens (tertiary/aromatic N) is 5. The molecule has 0 bridgehead atoms. The number of fused-ring (bicyclic) bond motifs is 1. The van der Waals surface area contributed by atoms with Crippen LogP contribution in [0.5, 0.6) is 0 Å². The van der Waals surface area contributed by atoms with E-state index in [1.54, 1.807) is 28.7 Å². The molecule has 24 heavy (non-hydrogen) atoms. The highest BCUT2D eigenvalue weighted by atomic mass is 32.2. The minimum Gasteiger partial charge on any atom is -0.265 e. The molecule has 0 N–H and O–H groups in total. The maximum atomic E-state index is 4.68. The predicted molar refractivity (Wildman–Crippen MR) is 94.8 cm³/mol. The van der Waals surface area contributed by atoms with Gasteiger partial charge in [0.05, 0.1) is 5.69 Å². The van der Waals surface area contributed by atoms with Crippen LogP contribution in [0, 0.1) is 6.92 Å². The molecule has 0 saturated carbocycles. The number of aromatic nitrogens is 5. The summed E-state index contributed by atoms with van der Waals surface area (Å²) in [4.78, 5) is 4.05. The molecular weight excluding hydrogens is 318 g/mol. The van der Waals surface area contributed by atoms with Crippen LogP contribution < -0.4 is 0 Å². The van der Waals surface area contributed by atoms with Gasteiger partial charge in [-0.05, 0) is 36.8 Å². The summed E-state index contributed by atoms with van der Waals surface area (Å²) >= 11 is 1.64. The van der Waals surface area contributed by atoms with Crippen molar-refractivity contribution in [1.82, 2.24) is 24.8 Å². The lowest BCUT2D eigenvalue weighted by Gasteiger charge is -2.03. The molecule has 0 fully saturated rings. The highest BCUT2D eigenvalue weighted by Gasteiger charge is 2.09. The van der Waals surface area contributed by atoms with Crippen molar-refractivity contribution in [2.75, 3.05) is 0 Å². The minimum atomic E-state index is 0.750. The number of pyridine rings is 1. The summed E-state index contributed by atoms with van der Waals surface area (Å²) in [6.07, 6.45) is 3.53. The van der Waals surface area contributed by atoms with Crippen LogP contribution in [0.3, 0.4) is 0 Å². The summed E-state index contributed by atoms with van der Waals surface area (Å²) in [6.45, 7) is 2.10. The number of hydrogen-bond donors (Lipinski definition) is 0. The zero-order valence-electron chi connectivity index (χ0n) is 13.1. The van der Waals surface area contributed by atoms with Crippen molar-refractivity contribution in [2.45, 2.75) is 17.8 Å². The fourth-order valence-corrected chi connectivity index (χ4v) is 3.32. The van der Waals surface area contributed by atoms with Crippen LogP contribution >= 0.6 is 11.8 Å². The van der Waals surface area contributed by atoms with E-state index in [1.807, 2.05) is 24.3 Å². The van der Waals surface area contributed by atoms with E-state index < -0.39 is 0 Å². The number of benzene rings is 1. The SMILES string of the molecule is Cc1cccc(CSc2nnc3ccc(-c4ccncc4)nn23)c1. The van der Waals surface area contributed by atoms with Gasteiger partial charge in [-0.2, -0.15) is 9.61 Å². The summed E-state index contributed by atoms with van der Waals surface area (Å²) in [6, 6.07) is 16.3. The molecule has 0 spiro atoms. The molecule has 0 radical (unpaired) electrons. The van der Waals surface area contributed by atoms with Gasteiger partial charge in [-0.25, -0.2) is 0 Å². The highest BCUT2D eigenvalue weighted by molar-refractivity contribution is 7.98. The van der Waals surface area contributed by atoms with Crippen molar-refractivity contribution in [3.63, 3.8) is 0 Å². The third-order valence-electron chi connectivity index (χ3n) is 3.66. The topological polar surface area (TPSA) is 56.0 Å². The second-order valence-corrected chi connectivity index (χ2v) is 6.43. The van der Waals surface area contributed by atoms with Gasteiger partial charge in [0.2, 0.25) is 5.16 Å². The molecule has 4 aromatic rings. The molecular formula is C18H15N5S. The van der Waals surface area contributed by atoms with Gasteiger partial charge in [0.25, 0.3) is 0 Å². The third-order valence-corrected chi connectivity index (χ3v) is 4.65. The molecule has 3 heterocycles. The summed E-state index contributed by atoms with van der Waals surface area (Å²) in [5, 5.41) is 13.9. The van der Waals surface area contributed by atoms with Crippen molar-refractivity contribution in [3.8, 4) is 11.3 Å². The average Bonchev–Trinajstić information content (AvgIpc) is 3.03. The lowest BCUT2D eigenvalue weighted by atomic mass is 10.2. The van der Waals surface area contributed by atoms with E-state index in [4.69, 9.17) is 0 Å². The van der Waals surface area contributed by atoms with Crippen molar-refractivity contribution in [1.29, 1.82) is 0 Å². The minimum absolute atomic E-state index is 0.750. The molecule has 0 aliphatic rings. The van der Waals surface area contributed by atoms with E-state index in [0.29, 0.717) is 0 Å². The van der Waals surface area contributed by atoms with E-state index in [-0.39, 0.29) is 0 Å². The first-order valence-electron chi connectivity index (χ1n) is 7.61. The Morgan fingerprint density at radius 2 is 1.88 bits per heavy atom. The summed E-state index contributed by atoms with van der Waals surface area (Å²) < 4.78 is 1.80. The van der Waals surface area contributed by atoms with Crippen LogP contribution in [0.1, 0.15) is 11.1 Å². The molecule has 1 aromatic carbocycles. The number of aryl methyl sites for hydroxylation is 1. The Balaban J connectivity index is 1.64. The smallest absolute Gasteiger partial charge is 0.212 e. The predicted octanol–water partition coefficient (Wildman–Crippen LogP) is 3.79. The van der Waals surface area contributed by atoms with E-state index in [2.05, 4.69) is 51.5 Å². The quantitative estimate of drug-likeness (QED) is 0.532. The summed E-state index contributed by atoms with van der Waals surface area (Å²) in [5.74, 6) is 0.837. The van der Waals surface area contributed by atoms with E-state index in [0.717, 1.165) is 27.8 Å². The maximum absolute atomic E-state index is 4.68. The largest absolute Gasteiger partial charge is 0.265 e. The third kappa shape index (κ3) is 3.00. The monoisotopic (exact) mass is 333 g/mol. The van der Waals surface area contributed by atoms with Crippen LogP contribution in [0.2, 0.25) is 0 Å². The average molecular weight is 333 g/mol. The van der Waals surface area contributed by atoms with Gasteiger partial charge in [-0.1, -0.05) is 41.6 Å². The maximum Gasteiger partial charge on any atom is 0.212 e. The van der Waals surface area contributed by atoms with Gasteiger partial charge in [0, 0.05) is 23.7 Å². The molecule has 0 aliphatic heterocycles. The second-order valence-electron chi connectivity index (χ2n) is 5.48. The van der Waals surface area contributed by atoms with Gasteiger partial charge in [0.15, 0.2) is 5.65 Å². The van der Waals surface area contributed by atoms with Gasteiger partial charge in [-0.3, -0.25) is 4.98 Å². The molecule has 3 aromatic heterocycles. The van der Waals surface area contributed by atoms with Crippen LogP contribution in [-0.2, 0) is 5.75 Å². The first-order chi connectivity index (χ1) is 11.8. The van der Waals surface area contributed by atoms with Gasteiger partial charge in [0.1, 0.15) is 0 Å². The first kappa shape index (κ1) is 14.8. The van der Waals surface area contributed by atoms with Crippen molar-refractivity contribution in [3.05, 3.63) is 72.1 Å². The van der Waals surface area contributed by atoms with Crippen molar-refractivity contribution < 1.29 is 0 Å². The van der Waals surface area contributed by atoms with Crippen molar-refractivity contribution >= 4 is 17.4 Å². The standard InChI is InChI=1S/C18H15N5S/c1-13-3-2-4-14(11-13)12-24-18-21-20-17-6-5-16(22-23(17)18)15-7-9-19-10-8-15/h2-11H,12H2,1H3. The Morgan fingerprint density at radius 1 is 1.00 bits per heavy atom. The van der Waals surface area contributed by atoms with Gasteiger partial charge in [-0.15, -0.1) is 10.2 Å². The Morgan fingerprint density at radius 3 is 2.71 bits per heavy atom. The highest BCUT2D eigenvalue weighted by Crippen LogP contribution is 2.23. The first-order valence-corrected chi connectivity index (χ1v) is 8.59. The molecule has 6 heteroatoms. The van der Waals surface area contributed by atoms with Gasteiger partial charge >= 0.3 is 0 Å². The van der Waals surface area contributed by atoms with Gasteiger partial charge < -0.3 is 0 Å². The molecule has 5 nitrogen and oxygen atoms in total. The zero-order valence-corrected chi connectivity index (χ0v) is 13.9. The van der Waals surface area contributed by atoms with E-state index in [9.17, 15) is 0 Å². The number of hydrogen-bond acceptors (Lipinski definition) is 5. The Bertz CT molecular complexity index is 981. The Labute approximate surface area is 143 Å². The Hall–Kier alpha value is -2.73. The van der Waals surface area contributed by atoms with Crippen LogP contribution in [0.25, 0.3) is 16.9 Å². The normalized spacial score (nSPS) is 11.0. The fourth-order valence-electron chi connectivity index (χ4n) is 2.49. The van der Waals surface area contributed by atoms with Crippen LogP contribution in [-0.4, -0.2) is 24.8 Å². The Kier molecular flexibility index (Phi) is 3.96. The van der Waals surface area contributed by atoms with Crippen LogP contribution in [0.15, 0.2) is 66.1 Å². The molecule has 4 rings (SSSR count). The molecule has 0 amide bonds.